The van der Waals surface area contributed by atoms with Crippen molar-refractivity contribution >= 4 is 0 Å². The average molecular weight is 284 g/mol. The molecule has 2 N–H and O–H groups in total. The summed E-state index contributed by atoms with van der Waals surface area (Å²) in [7, 11) is 0. The Morgan fingerprint density at radius 3 is 2.43 bits per heavy atom. The molecule has 1 heterocycles. The quantitative estimate of drug-likeness (QED) is 0.915. The highest BCUT2D eigenvalue weighted by Crippen LogP contribution is 2.21. The third kappa shape index (κ3) is 3.42. The highest BCUT2D eigenvalue weighted by Gasteiger charge is 2.13. The van der Waals surface area contributed by atoms with Crippen molar-refractivity contribution in [1.29, 1.82) is 0 Å². The molecular formula is C18H24N2O. The second-order valence-corrected chi connectivity index (χ2v) is 5.90. The van der Waals surface area contributed by atoms with Crippen molar-refractivity contribution in [2.75, 3.05) is 0 Å². The third-order valence-corrected chi connectivity index (χ3v) is 3.83. The number of hydrogen-bond donors (Lipinski definition) is 1. The normalized spacial score (nSPS) is 11.1. The molecule has 0 spiro atoms. The van der Waals surface area contributed by atoms with E-state index in [9.17, 15) is 4.79 Å². The molecule has 0 unspecified atom stereocenters. The number of pyridine rings is 1. The Morgan fingerprint density at radius 1 is 1.19 bits per heavy atom. The number of rotatable bonds is 5. The van der Waals surface area contributed by atoms with Gasteiger partial charge in [0.05, 0.1) is 5.69 Å². The molecule has 3 nitrogen and oxygen atoms in total. The van der Waals surface area contributed by atoms with Crippen LogP contribution in [0, 0.1) is 12.8 Å². The SMILES string of the molecule is Cc1cc(-c2ccccc2)n(CCC(C)C)c(=O)c1CN. The van der Waals surface area contributed by atoms with E-state index >= 15 is 0 Å². The maximum absolute atomic E-state index is 12.7. The second kappa shape index (κ2) is 6.72. The first-order valence-electron chi connectivity index (χ1n) is 7.53. The number of benzene rings is 1. The van der Waals surface area contributed by atoms with Crippen molar-refractivity contribution in [1.82, 2.24) is 4.57 Å². The molecule has 0 bridgehead atoms. The number of hydrogen-bond acceptors (Lipinski definition) is 2. The zero-order valence-electron chi connectivity index (χ0n) is 13.1. The van der Waals surface area contributed by atoms with Crippen LogP contribution in [0.15, 0.2) is 41.2 Å². The molecule has 0 saturated carbocycles. The van der Waals surface area contributed by atoms with Crippen LogP contribution < -0.4 is 11.3 Å². The van der Waals surface area contributed by atoms with E-state index in [2.05, 4.69) is 19.9 Å². The Kier molecular flexibility index (Phi) is 4.97. The minimum Gasteiger partial charge on any atom is -0.326 e. The first-order chi connectivity index (χ1) is 10.0. The molecule has 0 aliphatic heterocycles. The molecule has 3 heteroatoms. The van der Waals surface area contributed by atoms with Gasteiger partial charge in [0.15, 0.2) is 0 Å². The zero-order chi connectivity index (χ0) is 15.4. The lowest BCUT2D eigenvalue weighted by Gasteiger charge is -2.17. The van der Waals surface area contributed by atoms with E-state index in [1.54, 1.807) is 0 Å². The van der Waals surface area contributed by atoms with E-state index < -0.39 is 0 Å². The molecule has 2 aromatic rings. The average Bonchev–Trinajstić information content (AvgIpc) is 2.47. The van der Waals surface area contributed by atoms with Crippen molar-refractivity contribution < 1.29 is 0 Å². The van der Waals surface area contributed by atoms with Crippen molar-refractivity contribution in [3.8, 4) is 11.3 Å². The van der Waals surface area contributed by atoms with Crippen molar-refractivity contribution in [3.05, 3.63) is 57.9 Å². The van der Waals surface area contributed by atoms with Crippen LogP contribution in [0.4, 0.5) is 0 Å². The van der Waals surface area contributed by atoms with Gasteiger partial charge in [-0.15, -0.1) is 0 Å². The maximum atomic E-state index is 12.7. The number of nitrogens with zero attached hydrogens (tertiary/aromatic N) is 1. The lowest BCUT2D eigenvalue weighted by molar-refractivity contribution is 0.509. The van der Waals surface area contributed by atoms with Gasteiger partial charge in [-0.3, -0.25) is 4.79 Å². The van der Waals surface area contributed by atoms with Gasteiger partial charge >= 0.3 is 0 Å². The molecular weight excluding hydrogens is 260 g/mol. The maximum Gasteiger partial charge on any atom is 0.255 e. The lowest BCUT2D eigenvalue weighted by atomic mass is 10.0. The summed E-state index contributed by atoms with van der Waals surface area (Å²) in [5.74, 6) is 0.558. The molecule has 21 heavy (non-hydrogen) atoms. The van der Waals surface area contributed by atoms with Gasteiger partial charge in [-0.1, -0.05) is 44.2 Å². The van der Waals surface area contributed by atoms with E-state index in [-0.39, 0.29) is 5.56 Å². The van der Waals surface area contributed by atoms with Crippen LogP contribution in [-0.4, -0.2) is 4.57 Å². The van der Waals surface area contributed by atoms with E-state index in [1.807, 2.05) is 41.8 Å². The summed E-state index contributed by atoms with van der Waals surface area (Å²) in [4.78, 5) is 12.7. The molecule has 0 saturated heterocycles. The van der Waals surface area contributed by atoms with Crippen LogP contribution in [0.1, 0.15) is 31.4 Å². The van der Waals surface area contributed by atoms with Gasteiger partial charge in [-0.25, -0.2) is 0 Å². The van der Waals surface area contributed by atoms with Crippen LogP contribution in [0.2, 0.25) is 0 Å². The zero-order valence-corrected chi connectivity index (χ0v) is 13.1. The van der Waals surface area contributed by atoms with Gasteiger partial charge in [0, 0.05) is 18.7 Å². The first-order valence-corrected chi connectivity index (χ1v) is 7.53. The Balaban J connectivity index is 2.60. The molecule has 0 aliphatic carbocycles. The van der Waals surface area contributed by atoms with Gasteiger partial charge < -0.3 is 10.3 Å². The fourth-order valence-electron chi connectivity index (χ4n) is 2.52. The van der Waals surface area contributed by atoms with Crippen LogP contribution in [0.3, 0.4) is 0 Å². The predicted octanol–water partition coefficient (Wildman–Crippen LogP) is 3.33. The van der Waals surface area contributed by atoms with Gasteiger partial charge in [0.25, 0.3) is 5.56 Å². The number of aryl methyl sites for hydroxylation is 1. The smallest absolute Gasteiger partial charge is 0.255 e. The van der Waals surface area contributed by atoms with Crippen molar-refractivity contribution in [2.24, 2.45) is 11.7 Å². The Hall–Kier alpha value is -1.87. The molecule has 0 fully saturated rings. The molecule has 1 aromatic carbocycles. The largest absolute Gasteiger partial charge is 0.326 e. The van der Waals surface area contributed by atoms with E-state index in [0.29, 0.717) is 12.5 Å². The van der Waals surface area contributed by atoms with Crippen molar-refractivity contribution in [3.63, 3.8) is 0 Å². The van der Waals surface area contributed by atoms with Crippen LogP contribution in [0.5, 0.6) is 0 Å². The highest BCUT2D eigenvalue weighted by molar-refractivity contribution is 5.61. The number of aromatic nitrogens is 1. The van der Waals surface area contributed by atoms with E-state index in [1.165, 1.54) is 0 Å². The summed E-state index contributed by atoms with van der Waals surface area (Å²) in [6, 6.07) is 12.2. The minimum absolute atomic E-state index is 0.0528. The number of nitrogens with two attached hydrogens (primary N) is 1. The minimum atomic E-state index is 0.0528. The topological polar surface area (TPSA) is 48.0 Å². The second-order valence-electron chi connectivity index (χ2n) is 5.90. The Bertz CT molecular complexity index is 657. The molecule has 0 atom stereocenters. The third-order valence-electron chi connectivity index (χ3n) is 3.83. The summed E-state index contributed by atoms with van der Waals surface area (Å²) in [6.45, 7) is 7.33. The van der Waals surface area contributed by atoms with Gasteiger partial charge in [0.1, 0.15) is 0 Å². The molecule has 112 valence electrons. The lowest BCUT2D eigenvalue weighted by Crippen LogP contribution is -2.28. The molecule has 2 rings (SSSR count). The summed E-state index contributed by atoms with van der Waals surface area (Å²) in [5.41, 5.74) is 9.56. The standard InChI is InChI=1S/C18H24N2O/c1-13(2)9-10-20-17(15-7-5-4-6-8-15)11-14(3)16(12-19)18(20)21/h4-8,11,13H,9-10,12,19H2,1-3H3. The van der Waals surface area contributed by atoms with Gasteiger partial charge in [-0.2, -0.15) is 0 Å². The molecule has 0 radical (unpaired) electrons. The summed E-state index contributed by atoms with van der Waals surface area (Å²) >= 11 is 0. The van der Waals surface area contributed by atoms with Crippen LogP contribution in [-0.2, 0) is 13.1 Å². The highest BCUT2D eigenvalue weighted by atomic mass is 16.1. The van der Waals surface area contributed by atoms with Gasteiger partial charge in [0.2, 0.25) is 0 Å². The molecule has 0 amide bonds. The van der Waals surface area contributed by atoms with Gasteiger partial charge in [-0.05, 0) is 36.5 Å². The van der Waals surface area contributed by atoms with E-state index in [0.717, 1.165) is 35.3 Å². The summed E-state index contributed by atoms with van der Waals surface area (Å²) in [6.07, 6.45) is 0.979. The fraction of sp³-hybridized carbons (Fsp3) is 0.389. The van der Waals surface area contributed by atoms with Crippen LogP contribution in [0.25, 0.3) is 11.3 Å². The first kappa shape index (κ1) is 15.5. The summed E-state index contributed by atoms with van der Waals surface area (Å²) < 4.78 is 1.88. The van der Waals surface area contributed by atoms with Crippen molar-refractivity contribution in [2.45, 2.75) is 40.3 Å². The fourth-order valence-corrected chi connectivity index (χ4v) is 2.52. The monoisotopic (exact) mass is 284 g/mol. The Labute approximate surface area is 126 Å². The summed E-state index contributed by atoms with van der Waals surface area (Å²) in [5, 5.41) is 0. The van der Waals surface area contributed by atoms with E-state index in [4.69, 9.17) is 5.73 Å². The molecule has 1 aromatic heterocycles. The van der Waals surface area contributed by atoms with Crippen LogP contribution >= 0.6 is 0 Å². The Morgan fingerprint density at radius 2 is 1.86 bits per heavy atom. The predicted molar refractivity (Wildman–Crippen MR) is 88.2 cm³/mol. The molecule has 0 aliphatic rings.